The fourth-order valence-corrected chi connectivity index (χ4v) is 2.51. The number of carbonyl (C=O) groups excluding carboxylic acids is 1. The second-order valence-corrected chi connectivity index (χ2v) is 5.13. The van der Waals surface area contributed by atoms with Crippen LogP contribution in [-0.2, 0) is 9.53 Å². The summed E-state index contributed by atoms with van der Waals surface area (Å²) in [5.41, 5.74) is 0.968. The molecular weight excluding hydrogens is 254 g/mol. The quantitative estimate of drug-likeness (QED) is 0.497. The first-order valence-electron chi connectivity index (χ1n) is 5.69. The van der Waals surface area contributed by atoms with Gasteiger partial charge in [-0.25, -0.2) is 4.98 Å². The van der Waals surface area contributed by atoms with E-state index in [9.17, 15) is 4.79 Å². The third-order valence-corrected chi connectivity index (χ3v) is 3.66. The van der Waals surface area contributed by atoms with Crippen molar-refractivity contribution < 1.29 is 14.7 Å². The Morgan fingerprint density at radius 2 is 2.50 bits per heavy atom. The fourth-order valence-electron chi connectivity index (χ4n) is 1.76. The summed E-state index contributed by atoms with van der Waals surface area (Å²) >= 11 is 1.29. The summed E-state index contributed by atoms with van der Waals surface area (Å²) in [5.74, 6) is 0.0599. The average Bonchev–Trinajstić information content (AvgIpc) is 2.97. The van der Waals surface area contributed by atoms with Crippen molar-refractivity contribution in [3.8, 4) is 0 Å². The molecule has 2 atom stereocenters. The SMILES string of the molecule is CC(=NO)c1csc(NC(=O)C2OCCC2C)n1. The van der Waals surface area contributed by atoms with E-state index in [0.29, 0.717) is 23.1 Å². The van der Waals surface area contributed by atoms with E-state index in [1.54, 1.807) is 12.3 Å². The summed E-state index contributed by atoms with van der Waals surface area (Å²) in [4.78, 5) is 16.1. The van der Waals surface area contributed by atoms with Crippen LogP contribution in [-0.4, -0.2) is 34.5 Å². The lowest BCUT2D eigenvalue weighted by molar-refractivity contribution is -0.126. The Kier molecular flexibility index (Phi) is 3.93. The topological polar surface area (TPSA) is 83.8 Å². The van der Waals surface area contributed by atoms with Crippen LogP contribution in [0, 0.1) is 5.92 Å². The maximum atomic E-state index is 11.9. The molecule has 6 nitrogen and oxygen atoms in total. The number of thiazole rings is 1. The normalized spacial score (nSPS) is 24.2. The molecule has 0 aliphatic carbocycles. The third kappa shape index (κ3) is 2.68. The Balaban J connectivity index is 2.01. The van der Waals surface area contributed by atoms with Crippen LogP contribution in [0.1, 0.15) is 26.0 Å². The lowest BCUT2D eigenvalue weighted by Crippen LogP contribution is -2.31. The first-order valence-corrected chi connectivity index (χ1v) is 6.57. The van der Waals surface area contributed by atoms with Gasteiger partial charge in [-0.3, -0.25) is 10.1 Å². The molecule has 7 heteroatoms. The van der Waals surface area contributed by atoms with Crippen LogP contribution in [0.3, 0.4) is 0 Å². The molecule has 1 aromatic rings. The summed E-state index contributed by atoms with van der Waals surface area (Å²) in [5, 5.41) is 16.6. The number of anilines is 1. The van der Waals surface area contributed by atoms with E-state index >= 15 is 0 Å². The van der Waals surface area contributed by atoms with Crippen LogP contribution < -0.4 is 5.32 Å². The fraction of sp³-hybridized carbons (Fsp3) is 0.545. The van der Waals surface area contributed by atoms with E-state index in [1.807, 2.05) is 6.92 Å². The molecule has 1 aliphatic rings. The van der Waals surface area contributed by atoms with Gasteiger partial charge in [0.05, 0.1) is 0 Å². The zero-order chi connectivity index (χ0) is 13.1. The Morgan fingerprint density at radius 1 is 1.72 bits per heavy atom. The van der Waals surface area contributed by atoms with E-state index in [4.69, 9.17) is 9.94 Å². The van der Waals surface area contributed by atoms with E-state index in [-0.39, 0.29) is 11.8 Å². The summed E-state index contributed by atoms with van der Waals surface area (Å²) in [6.07, 6.45) is 0.502. The Hall–Kier alpha value is -1.47. The number of carbonyl (C=O) groups is 1. The molecule has 98 valence electrons. The largest absolute Gasteiger partial charge is 0.411 e. The number of ether oxygens (including phenoxy) is 1. The van der Waals surface area contributed by atoms with Crippen LogP contribution in [0.2, 0.25) is 0 Å². The summed E-state index contributed by atoms with van der Waals surface area (Å²) in [7, 11) is 0. The van der Waals surface area contributed by atoms with Crippen molar-refractivity contribution in [2.45, 2.75) is 26.4 Å². The van der Waals surface area contributed by atoms with E-state index in [2.05, 4.69) is 15.5 Å². The Morgan fingerprint density at radius 3 is 3.11 bits per heavy atom. The molecule has 1 aromatic heterocycles. The number of aromatic nitrogens is 1. The number of nitrogens with zero attached hydrogens (tertiary/aromatic N) is 2. The predicted molar refractivity (Wildman–Crippen MR) is 68.3 cm³/mol. The number of hydrogen-bond donors (Lipinski definition) is 2. The molecule has 0 bridgehead atoms. The number of hydrogen-bond acceptors (Lipinski definition) is 6. The van der Waals surface area contributed by atoms with Crippen molar-refractivity contribution in [3.63, 3.8) is 0 Å². The van der Waals surface area contributed by atoms with Gasteiger partial charge in [0.2, 0.25) is 0 Å². The molecule has 1 saturated heterocycles. The van der Waals surface area contributed by atoms with Gasteiger partial charge < -0.3 is 9.94 Å². The van der Waals surface area contributed by atoms with Gasteiger partial charge >= 0.3 is 0 Å². The van der Waals surface area contributed by atoms with Crippen LogP contribution in [0.15, 0.2) is 10.5 Å². The van der Waals surface area contributed by atoms with Gasteiger partial charge in [-0.15, -0.1) is 11.3 Å². The molecule has 1 fully saturated rings. The number of oxime groups is 1. The molecular formula is C11H15N3O3S. The minimum Gasteiger partial charge on any atom is -0.411 e. The van der Waals surface area contributed by atoms with Gasteiger partial charge in [0.1, 0.15) is 17.5 Å². The molecule has 2 heterocycles. The van der Waals surface area contributed by atoms with E-state index in [1.165, 1.54) is 11.3 Å². The van der Waals surface area contributed by atoms with E-state index < -0.39 is 6.10 Å². The highest BCUT2D eigenvalue weighted by atomic mass is 32.1. The molecule has 0 radical (unpaired) electrons. The summed E-state index contributed by atoms with van der Waals surface area (Å²) in [6.45, 7) is 4.26. The molecule has 2 rings (SSSR count). The highest BCUT2D eigenvalue weighted by molar-refractivity contribution is 7.14. The van der Waals surface area contributed by atoms with Crippen molar-refractivity contribution in [1.29, 1.82) is 0 Å². The van der Waals surface area contributed by atoms with Crippen LogP contribution >= 0.6 is 11.3 Å². The van der Waals surface area contributed by atoms with Crippen LogP contribution in [0.5, 0.6) is 0 Å². The number of rotatable bonds is 3. The molecule has 1 amide bonds. The monoisotopic (exact) mass is 269 g/mol. The minimum absolute atomic E-state index is 0.167. The van der Waals surface area contributed by atoms with Gasteiger partial charge in [0, 0.05) is 12.0 Å². The molecule has 2 unspecified atom stereocenters. The maximum Gasteiger partial charge on any atom is 0.255 e. The molecule has 18 heavy (non-hydrogen) atoms. The number of amides is 1. The second kappa shape index (κ2) is 5.45. The highest BCUT2D eigenvalue weighted by Crippen LogP contribution is 2.23. The lowest BCUT2D eigenvalue weighted by atomic mass is 10.0. The smallest absolute Gasteiger partial charge is 0.255 e. The van der Waals surface area contributed by atoms with Gasteiger partial charge in [0.15, 0.2) is 5.13 Å². The number of nitrogens with one attached hydrogen (secondary N) is 1. The van der Waals surface area contributed by atoms with Crippen molar-refractivity contribution in [2.75, 3.05) is 11.9 Å². The van der Waals surface area contributed by atoms with Gasteiger partial charge in [-0.05, 0) is 19.3 Å². The molecule has 0 aromatic carbocycles. The zero-order valence-corrected chi connectivity index (χ0v) is 11.0. The minimum atomic E-state index is -0.398. The lowest BCUT2D eigenvalue weighted by Gasteiger charge is -2.12. The molecule has 2 N–H and O–H groups in total. The predicted octanol–water partition coefficient (Wildman–Crippen LogP) is 1.70. The van der Waals surface area contributed by atoms with Gasteiger partial charge in [-0.2, -0.15) is 0 Å². The van der Waals surface area contributed by atoms with Crippen molar-refractivity contribution in [3.05, 3.63) is 11.1 Å². The van der Waals surface area contributed by atoms with Crippen molar-refractivity contribution in [1.82, 2.24) is 4.98 Å². The average molecular weight is 269 g/mol. The zero-order valence-electron chi connectivity index (χ0n) is 10.2. The summed E-state index contributed by atoms with van der Waals surface area (Å²) in [6, 6.07) is 0. The van der Waals surface area contributed by atoms with E-state index in [0.717, 1.165) is 6.42 Å². The third-order valence-electron chi connectivity index (χ3n) is 2.90. The Bertz CT molecular complexity index is 472. The standard InChI is InChI=1S/C11H15N3O3S/c1-6-3-4-17-9(6)10(15)13-11-12-8(5-18-11)7(2)14-16/h5-6,9,16H,3-4H2,1-2H3,(H,12,13,15). The summed E-state index contributed by atoms with van der Waals surface area (Å²) < 4.78 is 5.38. The van der Waals surface area contributed by atoms with Crippen molar-refractivity contribution in [2.24, 2.45) is 11.1 Å². The first-order chi connectivity index (χ1) is 8.61. The molecule has 0 saturated carbocycles. The molecule has 1 aliphatic heterocycles. The van der Waals surface area contributed by atoms with Crippen LogP contribution in [0.4, 0.5) is 5.13 Å². The van der Waals surface area contributed by atoms with Crippen LogP contribution in [0.25, 0.3) is 0 Å². The maximum absolute atomic E-state index is 11.9. The van der Waals surface area contributed by atoms with Crippen molar-refractivity contribution >= 4 is 28.1 Å². The van der Waals surface area contributed by atoms with Gasteiger partial charge in [-0.1, -0.05) is 12.1 Å². The first kappa shape index (κ1) is 13.0. The second-order valence-electron chi connectivity index (χ2n) is 4.27. The van der Waals surface area contributed by atoms with Gasteiger partial charge in [0.25, 0.3) is 5.91 Å². The molecule has 0 spiro atoms. The Labute approximate surface area is 109 Å². The highest BCUT2D eigenvalue weighted by Gasteiger charge is 2.31.